The van der Waals surface area contributed by atoms with Crippen LogP contribution in [-0.2, 0) is 14.9 Å². The van der Waals surface area contributed by atoms with Crippen LogP contribution in [0.25, 0.3) is 5.32 Å². The first-order valence-corrected chi connectivity index (χ1v) is 5.33. The predicted octanol–water partition coefficient (Wildman–Crippen LogP) is -1.34. The van der Waals surface area contributed by atoms with Gasteiger partial charge in [0, 0.05) is 0 Å². The molecule has 1 rings (SSSR count). The van der Waals surface area contributed by atoms with E-state index in [0.29, 0.717) is 5.69 Å². The maximum atomic E-state index is 10.8. The largest absolute Gasteiger partial charge is 1.00 e. The fourth-order valence-electron chi connectivity index (χ4n) is 0.866. The molecule has 1 aromatic carbocycles. The van der Waals surface area contributed by atoms with E-state index in [-0.39, 0.29) is 34.5 Å². The monoisotopic (exact) mass is 249 g/mol. The summed E-state index contributed by atoms with van der Waals surface area (Å²) in [5.41, 5.74) is 0.298. The van der Waals surface area contributed by atoms with Crippen molar-refractivity contribution in [1.29, 1.82) is 0 Å². The molecule has 0 aliphatic carbocycles. The third-order valence-corrected chi connectivity index (χ3v) is 2.42. The van der Waals surface area contributed by atoms with Gasteiger partial charge in [0.2, 0.25) is 0 Å². The number of hydrogen-bond donors (Lipinski definition) is 1. The second-order valence-electron chi connectivity index (χ2n) is 2.62. The summed E-state index contributed by atoms with van der Waals surface area (Å²) in [4.78, 5) is 10.6. The topological polar surface area (TPSA) is 85.5 Å². The maximum Gasteiger partial charge on any atom is 1.00 e. The zero-order valence-corrected chi connectivity index (χ0v) is 11.4. The summed E-state index contributed by atoms with van der Waals surface area (Å²) in [6.45, 7) is 3.23. The van der Waals surface area contributed by atoms with Crippen molar-refractivity contribution in [3.05, 3.63) is 42.2 Å². The van der Waals surface area contributed by atoms with Crippen molar-refractivity contribution >= 4 is 21.7 Å². The van der Waals surface area contributed by atoms with E-state index in [0.717, 1.165) is 18.2 Å². The summed E-state index contributed by atoms with van der Waals surface area (Å²) >= 11 is 0. The molecule has 0 unspecified atom stereocenters. The van der Waals surface area contributed by atoms with Gasteiger partial charge in [0.15, 0.2) is 0 Å². The Balaban J connectivity index is 0.00000225. The molecule has 0 spiro atoms. The third-order valence-electron chi connectivity index (χ3n) is 1.55. The summed E-state index contributed by atoms with van der Waals surface area (Å²) in [5, 5.41) is 3.57. The van der Waals surface area contributed by atoms with Crippen molar-refractivity contribution in [2.75, 3.05) is 0 Å². The Morgan fingerprint density at radius 2 is 1.81 bits per heavy atom. The van der Waals surface area contributed by atoms with E-state index in [9.17, 15) is 13.2 Å². The van der Waals surface area contributed by atoms with Crippen LogP contribution in [0.3, 0.4) is 0 Å². The van der Waals surface area contributed by atoms with Crippen molar-refractivity contribution in [3.63, 3.8) is 0 Å². The van der Waals surface area contributed by atoms with E-state index in [1.165, 1.54) is 12.1 Å². The van der Waals surface area contributed by atoms with Crippen LogP contribution in [0.1, 0.15) is 0 Å². The van der Waals surface area contributed by atoms with Gasteiger partial charge in [-0.15, -0.1) is 5.69 Å². The Morgan fingerprint density at radius 3 is 2.19 bits per heavy atom. The second kappa shape index (κ2) is 6.17. The first kappa shape index (κ1) is 15.3. The summed E-state index contributed by atoms with van der Waals surface area (Å²) < 4.78 is 30.0. The second-order valence-corrected chi connectivity index (χ2v) is 4.04. The SMILES string of the molecule is C=CC(=O)[N-]c1ccc(S(=O)(=O)O)cc1.[Na+]. The normalized spacial score (nSPS) is 10.1. The van der Waals surface area contributed by atoms with Crippen LogP contribution in [0, 0.1) is 0 Å². The molecular weight excluding hydrogens is 241 g/mol. The first-order valence-electron chi connectivity index (χ1n) is 3.89. The van der Waals surface area contributed by atoms with Crippen molar-refractivity contribution in [1.82, 2.24) is 0 Å². The molecule has 0 bridgehead atoms. The average molecular weight is 249 g/mol. The molecule has 0 aliphatic heterocycles. The van der Waals surface area contributed by atoms with Crippen LogP contribution in [0.15, 0.2) is 41.8 Å². The van der Waals surface area contributed by atoms with Crippen LogP contribution >= 0.6 is 0 Å². The molecule has 0 heterocycles. The van der Waals surface area contributed by atoms with Crippen molar-refractivity contribution in [2.24, 2.45) is 0 Å². The maximum absolute atomic E-state index is 10.8. The Labute approximate surface area is 116 Å². The van der Waals surface area contributed by atoms with Crippen LogP contribution in [-0.4, -0.2) is 18.9 Å². The number of carbonyl (C=O) groups is 1. The van der Waals surface area contributed by atoms with E-state index < -0.39 is 16.0 Å². The number of rotatable bonds is 3. The van der Waals surface area contributed by atoms with Crippen molar-refractivity contribution < 1.29 is 47.3 Å². The zero-order valence-electron chi connectivity index (χ0n) is 8.62. The number of hydrogen-bond acceptors (Lipinski definition) is 3. The Hall–Kier alpha value is -0.660. The number of carbonyl (C=O) groups excluding carboxylic acids is 1. The number of benzene rings is 1. The molecule has 0 fully saturated rings. The molecule has 0 saturated carbocycles. The summed E-state index contributed by atoms with van der Waals surface area (Å²) in [5.74, 6) is -0.519. The van der Waals surface area contributed by atoms with Crippen LogP contribution in [0.2, 0.25) is 0 Å². The summed E-state index contributed by atoms with van der Waals surface area (Å²) in [7, 11) is -4.20. The Morgan fingerprint density at radius 1 is 1.31 bits per heavy atom. The molecule has 0 saturated heterocycles. The molecule has 1 amide bonds. The number of amides is 1. The molecule has 0 aromatic heterocycles. The van der Waals surface area contributed by atoms with Crippen LogP contribution < -0.4 is 29.6 Å². The average Bonchev–Trinajstić information content (AvgIpc) is 2.17. The Kier molecular flexibility index (Phi) is 5.91. The number of nitrogens with zero attached hydrogens (tertiary/aromatic N) is 1. The molecule has 0 aliphatic rings. The minimum Gasteiger partial charge on any atom is -0.623 e. The van der Waals surface area contributed by atoms with Gasteiger partial charge >= 0.3 is 29.6 Å². The van der Waals surface area contributed by atoms with E-state index in [4.69, 9.17) is 4.55 Å². The minimum atomic E-state index is -4.20. The third kappa shape index (κ3) is 4.46. The first-order chi connectivity index (χ1) is 6.93. The molecule has 1 aromatic rings. The van der Waals surface area contributed by atoms with Crippen LogP contribution in [0.5, 0.6) is 0 Å². The van der Waals surface area contributed by atoms with Gasteiger partial charge in [0.1, 0.15) is 0 Å². The molecule has 7 heteroatoms. The van der Waals surface area contributed by atoms with Gasteiger partial charge in [-0.1, -0.05) is 18.7 Å². The predicted molar refractivity (Wildman–Crippen MR) is 54.5 cm³/mol. The molecule has 80 valence electrons. The fraction of sp³-hybridized carbons (Fsp3) is 0. The van der Waals surface area contributed by atoms with Gasteiger partial charge in [-0.25, -0.2) is 0 Å². The molecule has 5 nitrogen and oxygen atoms in total. The molecule has 0 radical (unpaired) electrons. The van der Waals surface area contributed by atoms with Gasteiger partial charge in [0.25, 0.3) is 10.1 Å². The van der Waals surface area contributed by atoms with E-state index in [1.807, 2.05) is 0 Å². The molecule has 0 atom stereocenters. The van der Waals surface area contributed by atoms with E-state index in [1.54, 1.807) is 0 Å². The standard InChI is InChI=1S/C9H9NO4S.Na/c1-2-9(11)10-7-3-5-8(6-4-7)15(12,13)14;/h2-6H,1H2,(H2,10,11,12,13,14);/q;+1/p-1. The van der Waals surface area contributed by atoms with Crippen molar-refractivity contribution in [3.8, 4) is 0 Å². The summed E-state index contributed by atoms with van der Waals surface area (Å²) in [6.07, 6.45) is 1.04. The summed E-state index contributed by atoms with van der Waals surface area (Å²) in [6, 6.07) is 4.93. The van der Waals surface area contributed by atoms with Gasteiger partial charge in [-0.2, -0.15) is 8.42 Å². The zero-order chi connectivity index (χ0) is 11.5. The minimum absolute atomic E-state index is 0. The molecular formula is C9H8NNaO4S. The van der Waals surface area contributed by atoms with Crippen molar-refractivity contribution in [2.45, 2.75) is 4.90 Å². The fourth-order valence-corrected chi connectivity index (χ4v) is 1.35. The molecule has 1 N–H and O–H groups in total. The van der Waals surface area contributed by atoms with Gasteiger partial charge < -0.3 is 10.1 Å². The Bertz CT molecular complexity index is 481. The van der Waals surface area contributed by atoms with Gasteiger partial charge in [0.05, 0.1) is 10.8 Å². The van der Waals surface area contributed by atoms with Gasteiger partial charge in [-0.05, 0) is 18.2 Å². The van der Waals surface area contributed by atoms with Gasteiger partial charge in [-0.3, -0.25) is 4.55 Å². The van der Waals surface area contributed by atoms with Crippen LogP contribution in [0.4, 0.5) is 5.69 Å². The molecule has 16 heavy (non-hydrogen) atoms. The smallest absolute Gasteiger partial charge is 0.623 e. The van der Waals surface area contributed by atoms with E-state index >= 15 is 0 Å². The van der Waals surface area contributed by atoms with E-state index in [2.05, 4.69) is 11.9 Å². The quantitative estimate of drug-likeness (QED) is 0.408.